The van der Waals surface area contributed by atoms with Gasteiger partial charge in [0, 0.05) is 11.7 Å². The second-order valence-electron chi connectivity index (χ2n) is 7.96. The highest BCUT2D eigenvalue weighted by atomic mass is 32.2. The van der Waals surface area contributed by atoms with Gasteiger partial charge in [-0.1, -0.05) is 67.5 Å². The van der Waals surface area contributed by atoms with Gasteiger partial charge in [-0.15, -0.1) is 0 Å². The van der Waals surface area contributed by atoms with E-state index in [0.717, 1.165) is 31.2 Å². The molecular formula is C25H26N2O4S2. The molecule has 0 unspecified atom stereocenters. The summed E-state index contributed by atoms with van der Waals surface area (Å²) in [5.74, 6) is 0.652. The molecule has 1 aliphatic heterocycles. The van der Waals surface area contributed by atoms with Crippen molar-refractivity contribution < 1.29 is 19.1 Å². The van der Waals surface area contributed by atoms with E-state index in [4.69, 9.17) is 21.7 Å². The molecule has 1 saturated heterocycles. The molecule has 1 saturated carbocycles. The topological polar surface area (TPSA) is 67.9 Å². The smallest absolute Gasteiger partial charge is 0.266 e. The van der Waals surface area contributed by atoms with Crippen LogP contribution >= 0.6 is 24.0 Å². The quantitative estimate of drug-likeness (QED) is 0.430. The number of anilines is 1. The Kier molecular flexibility index (Phi) is 7.67. The molecule has 33 heavy (non-hydrogen) atoms. The monoisotopic (exact) mass is 482 g/mol. The number of ether oxygens (including phenoxy) is 2. The Morgan fingerprint density at radius 2 is 1.91 bits per heavy atom. The number of thiocarbonyl (C=S) groups is 1. The van der Waals surface area contributed by atoms with Crippen LogP contribution < -0.4 is 14.8 Å². The van der Waals surface area contributed by atoms with Crippen LogP contribution in [0.15, 0.2) is 53.4 Å². The van der Waals surface area contributed by atoms with Gasteiger partial charge in [-0.2, -0.15) is 0 Å². The molecule has 2 aliphatic rings. The van der Waals surface area contributed by atoms with Crippen LogP contribution in [-0.2, 0) is 9.59 Å². The molecule has 0 aromatic heterocycles. The van der Waals surface area contributed by atoms with Crippen LogP contribution in [0.3, 0.4) is 0 Å². The van der Waals surface area contributed by atoms with E-state index in [1.165, 1.54) is 18.2 Å². The summed E-state index contributed by atoms with van der Waals surface area (Å²) in [5.41, 5.74) is 1.51. The number of carbonyl (C=O) groups excluding carboxylic acids is 2. The standard InChI is InChI=1S/C25H26N2O4S2/c1-30-21-14-17(12-13-20(21)31-16-23(28)26-18-8-4-2-5-9-18)15-22-24(29)27(25(32)33-22)19-10-6-3-7-11-19/h2,4-5,8-9,12-15,19H,3,6-7,10-11,16H2,1H3,(H,26,28)/b22-15+. The van der Waals surface area contributed by atoms with Gasteiger partial charge >= 0.3 is 0 Å². The van der Waals surface area contributed by atoms with Crippen molar-refractivity contribution >= 4 is 51.9 Å². The number of benzene rings is 2. The minimum Gasteiger partial charge on any atom is -0.493 e. The number of hydrogen-bond acceptors (Lipinski definition) is 6. The van der Waals surface area contributed by atoms with Crippen LogP contribution in [0, 0.1) is 0 Å². The fourth-order valence-corrected chi connectivity index (χ4v) is 5.44. The van der Waals surface area contributed by atoms with Gasteiger partial charge in [0.05, 0.1) is 12.0 Å². The number of methoxy groups -OCH3 is 1. The highest BCUT2D eigenvalue weighted by Gasteiger charge is 2.37. The summed E-state index contributed by atoms with van der Waals surface area (Å²) in [4.78, 5) is 27.6. The first-order valence-electron chi connectivity index (χ1n) is 11.0. The number of para-hydroxylation sites is 1. The average molecular weight is 483 g/mol. The number of thioether (sulfide) groups is 1. The molecule has 0 bridgehead atoms. The lowest BCUT2D eigenvalue weighted by Gasteiger charge is -2.29. The third kappa shape index (κ3) is 5.75. The summed E-state index contributed by atoms with van der Waals surface area (Å²) < 4.78 is 11.7. The molecule has 1 aliphatic carbocycles. The van der Waals surface area contributed by atoms with Gasteiger partial charge in [0.25, 0.3) is 11.8 Å². The lowest BCUT2D eigenvalue weighted by molar-refractivity contribution is -0.124. The Bertz CT molecular complexity index is 1070. The highest BCUT2D eigenvalue weighted by Crippen LogP contribution is 2.38. The molecule has 172 valence electrons. The summed E-state index contributed by atoms with van der Waals surface area (Å²) >= 11 is 6.86. The van der Waals surface area contributed by atoms with Crippen molar-refractivity contribution in [3.8, 4) is 11.5 Å². The normalized spacial score (nSPS) is 18.0. The van der Waals surface area contributed by atoms with Gasteiger partial charge < -0.3 is 14.8 Å². The van der Waals surface area contributed by atoms with Crippen molar-refractivity contribution in [2.24, 2.45) is 0 Å². The van der Waals surface area contributed by atoms with E-state index in [1.807, 2.05) is 42.5 Å². The van der Waals surface area contributed by atoms with E-state index in [0.29, 0.717) is 26.4 Å². The number of carbonyl (C=O) groups is 2. The van der Waals surface area contributed by atoms with Crippen LogP contribution in [0.25, 0.3) is 6.08 Å². The predicted octanol–water partition coefficient (Wildman–Crippen LogP) is 5.25. The van der Waals surface area contributed by atoms with Crippen molar-refractivity contribution in [1.29, 1.82) is 0 Å². The second kappa shape index (κ2) is 10.9. The predicted molar refractivity (Wildman–Crippen MR) is 135 cm³/mol. The fraction of sp³-hybridized carbons (Fsp3) is 0.320. The number of amides is 2. The molecule has 4 rings (SSSR count). The molecule has 6 nitrogen and oxygen atoms in total. The van der Waals surface area contributed by atoms with Crippen LogP contribution in [-0.4, -0.2) is 40.8 Å². The largest absolute Gasteiger partial charge is 0.493 e. The van der Waals surface area contributed by atoms with E-state index in [-0.39, 0.29) is 24.5 Å². The molecule has 0 radical (unpaired) electrons. The molecule has 2 aromatic carbocycles. The van der Waals surface area contributed by atoms with E-state index >= 15 is 0 Å². The zero-order valence-electron chi connectivity index (χ0n) is 18.4. The van der Waals surface area contributed by atoms with Gasteiger partial charge in [-0.05, 0) is 48.7 Å². The molecular weight excluding hydrogens is 456 g/mol. The van der Waals surface area contributed by atoms with E-state index in [2.05, 4.69) is 5.32 Å². The van der Waals surface area contributed by atoms with Crippen molar-refractivity contribution in [2.45, 2.75) is 38.1 Å². The molecule has 2 fully saturated rings. The summed E-state index contributed by atoms with van der Waals surface area (Å²) in [7, 11) is 1.54. The van der Waals surface area contributed by atoms with E-state index < -0.39 is 0 Å². The van der Waals surface area contributed by atoms with Crippen LogP contribution in [0.5, 0.6) is 11.5 Å². The van der Waals surface area contributed by atoms with Gasteiger partial charge in [0.1, 0.15) is 4.32 Å². The van der Waals surface area contributed by atoms with Crippen LogP contribution in [0.2, 0.25) is 0 Å². The minimum atomic E-state index is -0.265. The molecule has 2 aromatic rings. The van der Waals surface area contributed by atoms with Crippen molar-refractivity contribution in [2.75, 3.05) is 19.0 Å². The molecule has 1 heterocycles. The summed E-state index contributed by atoms with van der Waals surface area (Å²) in [5, 5.41) is 2.78. The maximum atomic E-state index is 13.0. The van der Waals surface area contributed by atoms with Crippen molar-refractivity contribution in [3.05, 3.63) is 59.0 Å². The Labute approximate surface area is 203 Å². The van der Waals surface area contributed by atoms with Gasteiger partial charge in [-0.25, -0.2) is 0 Å². The summed E-state index contributed by atoms with van der Waals surface area (Å²) in [6.45, 7) is -0.148. The molecule has 1 N–H and O–H groups in total. The zero-order chi connectivity index (χ0) is 23.2. The first-order valence-corrected chi connectivity index (χ1v) is 12.2. The second-order valence-corrected chi connectivity index (χ2v) is 9.63. The van der Waals surface area contributed by atoms with Crippen LogP contribution in [0.1, 0.15) is 37.7 Å². The third-order valence-corrected chi connectivity index (χ3v) is 7.00. The lowest BCUT2D eigenvalue weighted by Crippen LogP contribution is -2.39. The first-order chi connectivity index (χ1) is 16.0. The van der Waals surface area contributed by atoms with E-state index in [1.54, 1.807) is 24.1 Å². The van der Waals surface area contributed by atoms with Crippen molar-refractivity contribution in [3.63, 3.8) is 0 Å². The Hall–Kier alpha value is -2.84. The maximum Gasteiger partial charge on any atom is 0.266 e. The average Bonchev–Trinajstić information content (AvgIpc) is 3.11. The van der Waals surface area contributed by atoms with Crippen molar-refractivity contribution in [1.82, 2.24) is 4.90 Å². The summed E-state index contributed by atoms with van der Waals surface area (Å²) in [6, 6.07) is 14.8. The lowest BCUT2D eigenvalue weighted by atomic mass is 9.94. The molecule has 0 spiro atoms. The SMILES string of the molecule is COc1cc(/C=C2/SC(=S)N(C3CCCCC3)C2=O)ccc1OCC(=O)Nc1ccccc1. The number of nitrogens with one attached hydrogen (secondary N) is 1. The van der Waals surface area contributed by atoms with Gasteiger partial charge in [0.15, 0.2) is 18.1 Å². The van der Waals surface area contributed by atoms with Crippen LogP contribution in [0.4, 0.5) is 5.69 Å². The minimum absolute atomic E-state index is 0.0197. The van der Waals surface area contributed by atoms with Gasteiger partial charge in [0.2, 0.25) is 0 Å². The van der Waals surface area contributed by atoms with Gasteiger partial charge in [-0.3, -0.25) is 14.5 Å². The first kappa shape index (κ1) is 23.3. The Balaban J connectivity index is 1.42. The number of rotatable bonds is 7. The third-order valence-electron chi connectivity index (χ3n) is 5.67. The fourth-order valence-electron chi connectivity index (χ4n) is 4.04. The molecule has 0 atom stereocenters. The number of hydrogen-bond donors (Lipinski definition) is 1. The molecule has 8 heteroatoms. The van der Waals surface area contributed by atoms with E-state index in [9.17, 15) is 9.59 Å². The Morgan fingerprint density at radius 1 is 1.15 bits per heavy atom. The zero-order valence-corrected chi connectivity index (χ0v) is 20.0. The highest BCUT2D eigenvalue weighted by molar-refractivity contribution is 8.26. The summed E-state index contributed by atoms with van der Waals surface area (Å²) in [6.07, 6.45) is 7.36. The number of nitrogens with zero attached hydrogens (tertiary/aromatic N) is 1. The molecule has 2 amide bonds. The maximum absolute atomic E-state index is 13.0. The Morgan fingerprint density at radius 3 is 2.64 bits per heavy atom.